The summed E-state index contributed by atoms with van der Waals surface area (Å²) in [5.74, 6) is 8.63. The number of ether oxygens (including phenoxy) is 1. The molecule has 1 aromatic heterocycles. The number of nitrogens with two attached hydrogens (primary N) is 1. The summed E-state index contributed by atoms with van der Waals surface area (Å²) in [6.45, 7) is 2.89. The van der Waals surface area contributed by atoms with E-state index in [1.54, 1.807) is 0 Å². The Labute approximate surface area is 125 Å². The van der Waals surface area contributed by atoms with E-state index in [9.17, 15) is 0 Å². The van der Waals surface area contributed by atoms with Crippen molar-refractivity contribution in [2.75, 3.05) is 6.61 Å². The van der Waals surface area contributed by atoms with Gasteiger partial charge in [-0.25, -0.2) is 5.43 Å². The maximum Gasteiger partial charge on any atom is 0.122 e. The van der Waals surface area contributed by atoms with Gasteiger partial charge in [-0.3, -0.25) is 5.84 Å². The van der Waals surface area contributed by atoms with Gasteiger partial charge in [0.15, 0.2) is 0 Å². The SMILES string of the molecule is CCc1ccc(C(CCc2ccc3c(c2)CCO3)NN)o1. The van der Waals surface area contributed by atoms with Gasteiger partial charge >= 0.3 is 0 Å². The zero-order valence-electron chi connectivity index (χ0n) is 12.4. The number of hydrogen-bond acceptors (Lipinski definition) is 4. The molecule has 2 heterocycles. The highest BCUT2D eigenvalue weighted by Crippen LogP contribution is 2.27. The number of hydrogen-bond donors (Lipinski definition) is 2. The monoisotopic (exact) mass is 286 g/mol. The zero-order valence-corrected chi connectivity index (χ0v) is 12.4. The van der Waals surface area contributed by atoms with Gasteiger partial charge in [-0.05, 0) is 42.2 Å². The smallest absolute Gasteiger partial charge is 0.122 e. The summed E-state index contributed by atoms with van der Waals surface area (Å²) in [5.41, 5.74) is 5.50. The van der Waals surface area contributed by atoms with Crippen LogP contribution in [0.1, 0.15) is 42.0 Å². The first-order valence-corrected chi connectivity index (χ1v) is 7.59. The van der Waals surface area contributed by atoms with E-state index >= 15 is 0 Å². The molecule has 0 radical (unpaired) electrons. The summed E-state index contributed by atoms with van der Waals surface area (Å²) >= 11 is 0. The van der Waals surface area contributed by atoms with Crippen LogP contribution in [-0.2, 0) is 19.3 Å². The number of aryl methyl sites for hydroxylation is 2. The normalized spacial score (nSPS) is 14.8. The molecule has 0 saturated carbocycles. The van der Waals surface area contributed by atoms with Gasteiger partial charge in [-0.1, -0.05) is 19.1 Å². The Morgan fingerprint density at radius 2 is 2.19 bits per heavy atom. The Hall–Kier alpha value is -1.78. The summed E-state index contributed by atoms with van der Waals surface area (Å²) in [6.07, 6.45) is 3.79. The average molecular weight is 286 g/mol. The third-order valence-electron chi connectivity index (χ3n) is 4.05. The minimum Gasteiger partial charge on any atom is -0.493 e. The fourth-order valence-corrected chi connectivity index (χ4v) is 2.79. The number of hydrazine groups is 1. The van der Waals surface area contributed by atoms with E-state index in [2.05, 4.69) is 30.5 Å². The minimum atomic E-state index is 0.0507. The fourth-order valence-electron chi connectivity index (χ4n) is 2.79. The molecule has 1 atom stereocenters. The van der Waals surface area contributed by atoms with Crippen LogP contribution in [0.15, 0.2) is 34.7 Å². The van der Waals surface area contributed by atoms with Crippen molar-refractivity contribution in [2.45, 2.75) is 38.6 Å². The van der Waals surface area contributed by atoms with E-state index in [4.69, 9.17) is 15.0 Å². The van der Waals surface area contributed by atoms with Crippen LogP contribution in [0.5, 0.6) is 5.75 Å². The second kappa shape index (κ2) is 6.33. The summed E-state index contributed by atoms with van der Waals surface area (Å²) in [4.78, 5) is 0. The van der Waals surface area contributed by atoms with E-state index in [0.29, 0.717) is 0 Å². The molecule has 2 aromatic rings. The Morgan fingerprint density at radius 3 is 2.95 bits per heavy atom. The molecule has 0 fully saturated rings. The van der Waals surface area contributed by atoms with Crippen molar-refractivity contribution in [1.29, 1.82) is 0 Å². The fraction of sp³-hybridized carbons (Fsp3) is 0.412. The quantitative estimate of drug-likeness (QED) is 0.633. The second-order valence-corrected chi connectivity index (χ2v) is 5.46. The standard InChI is InChI=1S/C17H22N2O2/c1-2-14-5-8-17(21-14)15(19-18)6-3-12-4-7-16-13(11-12)9-10-20-16/h4-5,7-8,11,15,19H,2-3,6,9-10,18H2,1H3. The van der Waals surface area contributed by atoms with E-state index in [1.807, 2.05) is 12.1 Å². The van der Waals surface area contributed by atoms with Gasteiger partial charge in [0.05, 0.1) is 12.6 Å². The Bertz CT molecular complexity index is 607. The van der Waals surface area contributed by atoms with E-state index < -0.39 is 0 Å². The van der Waals surface area contributed by atoms with E-state index in [-0.39, 0.29) is 6.04 Å². The molecule has 1 aromatic carbocycles. The number of nitrogens with one attached hydrogen (secondary N) is 1. The topological polar surface area (TPSA) is 60.4 Å². The highest BCUT2D eigenvalue weighted by atomic mass is 16.5. The van der Waals surface area contributed by atoms with Crippen LogP contribution in [0.3, 0.4) is 0 Å². The molecule has 4 nitrogen and oxygen atoms in total. The molecule has 3 rings (SSSR count). The van der Waals surface area contributed by atoms with Crippen LogP contribution in [-0.4, -0.2) is 6.61 Å². The highest BCUT2D eigenvalue weighted by molar-refractivity contribution is 5.39. The minimum absolute atomic E-state index is 0.0507. The molecule has 0 saturated heterocycles. The molecule has 112 valence electrons. The second-order valence-electron chi connectivity index (χ2n) is 5.46. The maximum absolute atomic E-state index is 5.79. The number of rotatable bonds is 6. The van der Waals surface area contributed by atoms with Crippen molar-refractivity contribution in [2.24, 2.45) is 5.84 Å². The lowest BCUT2D eigenvalue weighted by atomic mass is 10.0. The molecule has 21 heavy (non-hydrogen) atoms. The predicted octanol–water partition coefficient (Wildman–Crippen LogP) is 2.91. The van der Waals surface area contributed by atoms with Crippen molar-refractivity contribution in [3.05, 3.63) is 53.0 Å². The molecule has 0 aliphatic carbocycles. The van der Waals surface area contributed by atoms with Gasteiger partial charge in [-0.15, -0.1) is 0 Å². The zero-order chi connectivity index (χ0) is 14.7. The number of fused-ring (bicyclic) bond motifs is 1. The van der Waals surface area contributed by atoms with Crippen molar-refractivity contribution in [1.82, 2.24) is 5.43 Å². The molecule has 4 heteroatoms. The first kappa shape index (κ1) is 14.2. The third-order valence-corrected chi connectivity index (χ3v) is 4.05. The van der Waals surface area contributed by atoms with Crippen LogP contribution < -0.4 is 16.0 Å². The Morgan fingerprint density at radius 1 is 1.29 bits per heavy atom. The molecule has 0 bridgehead atoms. The van der Waals surface area contributed by atoms with E-state index in [1.165, 1.54) is 11.1 Å². The number of benzene rings is 1. The lowest BCUT2D eigenvalue weighted by molar-refractivity contribution is 0.356. The molecular formula is C17H22N2O2. The molecular weight excluding hydrogens is 264 g/mol. The molecule has 1 aliphatic rings. The van der Waals surface area contributed by atoms with Gasteiger partial charge in [-0.2, -0.15) is 0 Å². The van der Waals surface area contributed by atoms with Gasteiger partial charge in [0.25, 0.3) is 0 Å². The first-order chi connectivity index (χ1) is 10.3. The molecule has 3 N–H and O–H groups in total. The van der Waals surface area contributed by atoms with Crippen molar-refractivity contribution in [3.63, 3.8) is 0 Å². The van der Waals surface area contributed by atoms with Crippen molar-refractivity contribution >= 4 is 0 Å². The Balaban J connectivity index is 1.65. The molecule has 0 spiro atoms. The predicted molar refractivity (Wildman–Crippen MR) is 82.1 cm³/mol. The van der Waals surface area contributed by atoms with Crippen LogP contribution in [0, 0.1) is 0 Å². The summed E-state index contributed by atoms with van der Waals surface area (Å²) in [6, 6.07) is 10.5. The van der Waals surface area contributed by atoms with Gasteiger partial charge in [0.2, 0.25) is 0 Å². The largest absolute Gasteiger partial charge is 0.493 e. The van der Waals surface area contributed by atoms with Crippen LogP contribution in [0.4, 0.5) is 0 Å². The summed E-state index contributed by atoms with van der Waals surface area (Å²) in [7, 11) is 0. The van der Waals surface area contributed by atoms with Gasteiger partial charge in [0, 0.05) is 12.8 Å². The molecule has 1 aliphatic heterocycles. The lowest BCUT2D eigenvalue weighted by Crippen LogP contribution is -2.28. The van der Waals surface area contributed by atoms with Crippen molar-refractivity contribution in [3.8, 4) is 5.75 Å². The van der Waals surface area contributed by atoms with Crippen LogP contribution >= 0.6 is 0 Å². The lowest BCUT2D eigenvalue weighted by Gasteiger charge is -2.13. The Kier molecular flexibility index (Phi) is 4.27. The third kappa shape index (κ3) is 3.12. The van der Waals surface area contributed by atoms with Crippen LogP contribution in [0.2, 0.25) is 0 Å². The first-order valence-electron chi connectivity index (χ1n) is 7.59. The highest BCUT2D eigenvalue weighted by Gasteiger charge is 2.16. The van der Waals surface area contributed by atoms with Crippen molar-refractivity contribution < 1.29 is 9.15 Å². The van der Waals surface area contributed by atoms with E-state index in [0.717, 1.165) is 49.6 Å². The molecule has 1 unspecified atom stereocenters. The van der Waals surface area contributed by atoms with Crippen LogP contribution in [0.25, 0.3) is 0 Å². The summed E-state index contributed by atoms with van der Waals surface area (Å²) in [5, 5.41) is 0. The van der Waals surface area contributed by atoms with Gasteiger partial charge in [0.1, 0.15) is 17.3 Å². The maximum atomic E-state index is 5.79. The number of furan rings is 1. The van der Waals surface area contributed by atoms with Gasteiger partial charge < -0.3 is 9.15 Å². The molecule has 0 amide bonds. The summed E-state index contributed by atoms with van der Waals surface area (Å²) < 4.78 is 11.3. The average Bonchev–Trinajstić information content (AvgIpc) is 3.16.